The third-order valence-corrected chi connectivity index (χ3v) is 2.03. The fourth-order valence-electron chi connectivity index (χ4n) is 0.818. The first-order chi connectivity index (χ1) is 5.17. The van der Waals surface area contributed by atoms with Crippen LogP contribution < -0.4 is 0 Å². The smallest absolute Gasteiger partial charge is 0.125 e. The Morgan fingerprint density at radius 1 is 1.27 bits per heavy atom. The van der Waals surface area contributed by atoms with Crippen LogP contribution in [0.5, 0.6) is 0 Å². The summed E-state index contributed by atoms with van der Waals surface area (Å²) in [7, 11) is 2.21. The van der Waals surface area contributed by atoms with E-state index in [4.69, 9.17) is 5.11 Å². The predicted molar refractivity (Wildman–Crippen MR) is 47.1 cm³/mol. The van der Waals surface area contributed by atoms with Crippen molar-refractivity contribution in [2.45, 2.75) is 5.34 Å². The number of hydrogen-bond acceptors (Lipinski definition) is 2. The lowest BCUT2D eigenvalue weighted by Gasteiger charge is -2.19. The molecule has 0 aliphatic heterocycles. The van der Waals surface area contributed by atoms with Crippen LogP contribution in [0.4, 0.5) is 0 Å². The molecule has 2 unspecified atom stereocenters. The molecule has 0 aromatic heterocycles. The van der Waals surface area contributed by atoms with Crippen molar-refractivity contribution in [1.82, 2.24) is 0 Å². The molecular weight excluding hydrogens is 159 g/mol. The van der Waals surface area contributed by atoms with E-state index in [1.165, 1.54) is 0 Å². The Morgan fingerprint density at radius 2 is 1.82 bits per heavy atom. The summed E-state index contributed by atoms with van der Waals surface area (Å²) >= 11 is 0. The van der Waals surface area contributed by atoms with Crippen LogP contribution in [0.1, 0.15) is 5.56 Å². The van der Waals surface area contributed by atoms with Crippen molar-refractivity contribution in [3.63, 3.8) is 0 Å². The van der Waals surface area contributed by atoms with Crippen molar-refractivity contribution < 1.29 is 10.2 Å². The van der Waals surface area contributed by atoms with Gasteiger partial charge in [-0.05, 0) is 5.56 Å². The van der Waals surface area contributed by atoms with Crippen molar-refractivity contribution >= 4 is 9.24 Å². The van der Waals surface area contributed by atoms with E-state index in [2.05, 4.69) is 9.24 Å². The van der Waals surface area contributed by atoms with Crippen LogP contribution in [0.2, 0.25) is 0 Å². The Kier molecular flexibility index (Phi) is 2.61. The lowest BCUT2D eigenvalue weighted by atomic mass is 10.1. The summed E-state index contributed by atoms with van der Waals surface area (Å²) in [6, 6.07) is 9.04. The molecule has 0 fully saturated rings. The first-order valence-corrected chi connectivity index (χ1v) is 3.92. The van der Waals surface area contributed by atoms with Gasteiger partial charge in [0.1, 0.15) is 5.34 Å². The van der Waals surface area contributed by atoms with E-state index in [-0.39, 0.29) is 6.61 Å². The Morgan fingerprint density at radius 3 is 2.27 bits per heavy atom. The molecule has 1 aromatic carbocycles. The van der Waals surface area contributed by atoms with Crippen LogP contribution >= 0.6 is 9.24 Å². The SMILES string of the molecule is OCC(O)(P)c1ccccc1. The molecule has 0 amide bonds. The Balaban J connectivity index is 2.93. The Labute approximate surface area is 68.1 Å². The Bertz CT molecular complexity index is 221. The lowest BCUT2D eigenvalue weighted by Crippen LogP contribution is -2.21. The summed E-state index contributed by atoms with van der Waals surface area (Å²) in [5.41, 5.74) is 0.701. The molecule has 1 aromatic rings. The normalized spacial score (nSPS) is 15.9. The molecular formula is C8H11O2P. The molecule has 0 spiro atoms. The summed E-state index contributed by atoms with van der Waals surface area (Å²) in [4.78, 5) is 0. The van der Waals surface area contributed by atoms with Crippen molar-refractivity contribution in [1.29, 1.82) is 0 Å². The highest BCUT2D eigenvalue weighted by Gasteiger charge is 2.20. The number of aliphatic hydroxyl groups excluding tert-OH is 1. The molecule has 2 N–H and O–H groups in total. The standard InChI is InChI=1S/C8H11O2P/c9-6-8(10,11)7-4-2-1-3-5-7/h1-5,9-10H,6,11H2. The zero-order valence-electron chi connectivity index (χ0n) is 6.07. The van der Waals surface area contributed by atoms with E-state index in [0.29, 0.717) is 5.56 Å². The topological polar surface area (TPSA) is 40.5 Å². The van der Waals surface area contributed by atoms with E-state index < -0.39 is 5.34 Å². The maximum Gasteiger partial charge on any atom is 0.125 e. The maximum absolute atomic E-state index is 9.51. The van der Waals surface area contributed by atoms with E-state index in [0.717, 1.165) is 0 Å². The van der Waals surface area contributed by atoms with Gasteiger partial charge in [0, 0.05) is 0 Å². The zero-order valence-corrected chi connectivity index (χ0v) is 7.22. The lowest BCUT2D eigenvalue weighted by molar-refractivity contribution is 0.0621. The molecule has 0 aliphatic carbocycles. The molecule has 11 heavy (non-hydrogen) atoms. The maximum atomic E-state index is 9.51. The quantitative estimate of drug-likeness (QED) is 0.641. The minimum atomic E-state index is -1.19. The molecule has 0 saturated carbocycles. The van der Waals surface area contributed by atoms with Gasteiger partial charge in [0.05, 0.1) is 6.61 Å². The van der Waals surface area contributed by atoms with Crippen molar-refractivity contribution in [3.8, 4) is 0 Å². The van der Waals surface area contributed by atoms with Gasteiger partial charge in [-0.25, -0.2) is 0 Å². The highest BCUT2D eigenvalue weighted by atomic mass is 31.0. The number of hydrogen-bond donors (Lipinski definition) is 2. The van der Waals surface area contributed by atoms with Crippen LogP contribution in [-0.4, -0.2) is 16.8 Å². The number of aliphatic hydroxyl groups is 2. The molecule has 2 nitrogen and oxygen atoms in total. The fraction of sp³-hybridized carbons (Fsp3) is 0.250. The Hall–Kier alpha value is -0.430. The van der Waals surface area contributed by atoms with Crippen LogP contribution in [0.15, 0.2) is 30.3 Å². The summed E-state index contributed by atoms with van der Waals surface area (Å²) in [6.07, 6.45) is 0. The first-order valence-electron chi connectivity index (χ1n) is 3.34. The zero-order chi connectivity index (χ0) is 8.32. The molecule has 2 atom stereocenters. The molecule has 60 valence electrons. The van der Waals surface area contributed by atoms with E-state index in [1.54, 1.807) is 12.1 Å². The number of rotatable bonds is 2. The van der Waals surface area contributed by atoms with E-state index in [1.807, 2.05) is 18.2 Å². The second-order valence-electron chi connectivity index (χ2n) is 2.45. The van der Waals surface area contributed by atoms with Crippen molar-refractivity contribution in [3.05, 3.63) is 35.9 Å². The average Bonchev–Trinajstić information content (AvgIpc) is 2.06. The van der Waals surface area contributed by atoms with Gasteiger partial charge in [-0.1, -0.05) is 39.6 Å². The number of benzene rings is 1. The summed E-state index contributed by atoms with van der Waals surface area (Å²) < 4.78 is 0. The highest BCUT2D eigenvalue weighted by molar-refractivity contribution is 7.18. The van der Waals surface area contributed by atoms with Crippen LogP contribution in [0, 0.1) is 0 Å². The van der Waals surface area contributed by atoms with E-state index >= 15 is 0 Å². The molecule has 0 saturated heterocycles. The molecule has 0 bridgehead atoms. The van der Waals surface area contributed by atoms with Gasteiger partial charge < -0.3 is 10.2 Å². The largest absolute Gasteiger partial charge is 0.393 e. The molecule has 0 heterocycles. The highest BCUT2D eigenvalue weighted by Crippen LogP contribution is 2.26. The van der Waals surface area contributed by atoms with Gasteiger partial charge >= 0.3 is 0 Å². The van der Waals surface area contributed by atoms with Crippen molar-refractivity contribution in [2.75, 3.05) is 6.61 Å². The summed E-state index contributed by atoms with van der Waals surface area (Å²) in [5, 5.41) is 17.1. The van der Waals surface area contributed by atoms with Gasteiger partial charge in [-0.3, -0.25) is 0 Å². The summed E-state index contributed by atoms with van der Waals surface area (Å²) in [5.74, 6) is 0. The van der Waals surface area contributed by atoms with Crippen LogP contribution in [0.25, 0.3) is 0 Å². The van der Waals surface area contributed by atoms with Gasteiger partial charge in [0.2, 0.25) is 0 Å². The molecule has 1 rings (SSSR count). The van der Waals surface area contributed by atoms with Crippen molar-refractivity contribution in [2.24, 2.45) is 0 Å². The monoisotopic (exact) mass is 170 g/mol. The second-order valence-corrected chi connectivity index (χ2v) is 3.40. The molecule has 3 heteroatoms. The third-order valence-electron chi connectivity index (χ3n) is 1.51. The van der Waals surface area contributed by atoms with Crippen LogP contribution in [0.3, 0.4) is 0 Å². The minimum absolute atomic E-state index is 0.290. The second kappa shape index (κ2) is 3.31. The predicted octanol–water partition coefficient (Wildman–Crippen LogP) is 0.699. The first kappa shape index (κ1) is 8.66. The van der Waals surface area contributed by atoms with Gasteiger partial charge in [-0.15, -0.1) is 0 Å². The van der Waals surface area contributed by atoms with Gasteiger partial charge in [-0.2, -0.15) is 0 Å². The van der Waals surface area contributed by atoms with E-state index in [9.17, 15) is 5.11 Å². The summed E-state index contributed by atoms with van der Waals surface area (Å²) in [6.45, 7) is -0.290. The molecule has 0 aliphatic rings. The third kappa shape index (κ3) is 2.00. The van der Waals surface area contributed by atoms with Crippen LogP contribution in [-0.2, 0) is 5.34 Å². The van der Waals surface area contributed by atoms with Gasteiger partial charge in [0.15, 0.2) is 0 Å². The molecule has 0 radical (unpaired) electrons. The average molecular weight is 170 g/mol. The minimum Gasteiger partial charge on any atom is -0.393 e. The fourth-order valence-corrected chi connectivity index (χ4v) is 1.01. The van der Waals surface area contributed by atoms with Gasteiger partial charge in [0.25, 0.3) is 0 Å².